The summed E-state index contributed by atoms with van der Waals surface area (Å²) in [6.07, 6.45) is 1.54. The fourth-order valence-corrected chi connectivity index (χ4v) is 5.12. The van der Waals surface area contributed by atoms with E-state index in [0.29, 0.717) is 48.7 Å². The van der Waals surface area contributed by atoms with Crippen molar-refractivity contribution in [3.8, 4) is 23.0 Å². The van der Waals surface area contributed by atoms with Crippen molar-refractivity contribution in [3.05, 3.63) is 119 Å². The Hall–Kier alpha value is -4.32. The standard InChI is InChI=1S/C32H27FO5/c33-28-15-17-29(37-24-12-10-22(11-13-24)36-19-20-4-2-1-3-5-20)25-14-16-30(31(25)28)38-23-8-6-21(7-9-23)26-18-27(26)32(34)35/h1-13,15,17,26-27,30H,14,16,18-19H2,(H,34,35)/t26-,27+,30-/m1/s1. The van der Waals surface area contributed by atoms with Crippen molar-refractivity contribution < 1.29 is 28.5 Å². The third-order valence-electron chi connectivity index (χ3n) is 7.23. The highest BCUT2D eigenvalue weighted by Crippen LogP contribution is 2.48. The van der Waals surface area contributed by atoms with Gasteiger partial charge in [-0.25, -0.2) is 4.39 Å². The van der Waals surface area contributed by atoms with Gasteiger partial charge in [-0.3, -0.25) is 4.79 Å². The van der Waals surface area contributed by atoms with E-state index in [2.05, 4.69) is 0 Å². The Morgan fingerprint density at radius 1 is 0.868 bits per heavy atom. The van der Waals surface area contributed by atoms with Gasteiger partial charge in [0.15, 0.2) is 0 Å². The maximum atomic E-state index is 14.9. The molecule has 0 spiro atoms. The van der Waals surface area contributed by atoms with Crippen molar-refractivity contribution >= 4 is 5.97 Å². The van der Waals surface area contributed by atoms with Crippen LogP contribution in [0.25, 0.3) is 0 Å². The second-order valence-corrected chi connectivity index (χ2v) is 9.79. The largest absolute Gasteiger partial charge is 0.489 e. The van der Waals surface area contributed by atoms with Gasteiger partial charge in [0, 0.05) is 11.1 Å². The normalized spacial score (nSPS) is 19.4. The van der Waals surface area contributed by atoms with E-state index in [1.54, 1.807) is 6.07 Å². The number of rotatable bonds is 9. The monoisotopic (exact) mass is 510 g/mol. The van der Waals surface area contributed by atoms with E-state index in [1.807, 2.05) is 78.9 Å². The molecule has 0 amide bonds. The molecule has 0 heterocycles. The highest BCUT2D eigenvalue weighted by atomic mass is 19.1. The molecule has 1 N–H and O–H groups in total. The summed E-state index contributed by atoms with van der Waals surface area (Å²) >= 11 is 0. The van der Waals surface area contributed by atoms with Crippen LogP contribution in [0, 0.1) is 11.7 Å². The second-order valence-electron chi connectivity index (χ2n) is 9.79. The predicted molar refractivity (Wildman–Crippen MR) is 140 cm³/mol. The first-order valence-electron chi connectivity index (χ1n) is 12.8. The summed E-state index contributed by atoms with van der Waals surface area (Å²) in [6.45, 7) is 0.486. The molecule has 1 fully saturated rings. The van der Waals surface area contributed by atoms with Crippen molar-refractivity contribution in [2.75, 3.05) is 0 Å². The molecule has 0 saturated heterocycles. The average molecular weight is 511 g/mol. The smallest absolute Gasteiger partial charge is 0.307 e. The lowest BCUT2D eigenvalue weighted by atomic mass is 10.1. The van der Waals surface area contributed by atoms with Crippen molar-refractivity contribution in [1.29, 1.82) is 0 Å². The van der Waals surface area contributed by atoms with Gasteiger partial charge in [0.25, 0.3) is 0 Å². The molecule has 5 nitrogen and oxygen atoms in total. The first-order valence-corrected chi connectivity index (χ1v) is 12.8. The topological polar surface area (TPSA) is 65.0 Å². The Morgan fingerprint density at radius 3 is 2.29 bits per heavy atom. The first kappa shape index (κ1) is 24.0. The molecular formula is C32H27FO5. The van der Waals surface area contributed by atoms with E-state index in [4.69, 9.17) is 19.3 Å². The Bertz CT molecular complexity index is 1430. The van der Waals surface area contributed by atoms with E-state index in [0.717, 1.165) is 22.4 Å². The fraction of sp³-hybridized carbons (Fsp3) is 0.219. The van der Waals surface area contributed by atoms with Gasteiger partial charge in [-0.05, 0) is 84.8 Å². The SMILES string of the molecule is O=C(O)[C@H]1C[C@@H]1c1ccc(O[C@@H]2CCc3c(Oc4ccc(OCc5ccccc5)cc4)ccc(F)c32)cc1. The maximum absolute atomic E-state index is 14.9. The van der Waals surface area contributed by atoms with E-state index < -0.39 is 12.1 Å². The van der Waals surface area contributed by atoms with Crippen molar-refractivity contribution in [3.63, 3.8) is 0 Å². The Balaban J connectivity index is 1.12. The number of fused-ring (bicyclic) bond motifs is 1. The minimum absolute atomic E-state index is 0.0652. The Kier molecular flexibility index (Phi) is 6.46. The number of halogens is 1. The number of carbonyl (C=O) groups is 1. The number of carboxylic acids is 1. The number of hydrogen-bond acceptors (Lipinski definition) is 4. The number of ether oxygens (including phenoxy) is 3. The number of aliphatic carboxylic acids is 1. The lowest BCUT2D eigenvalue weighted by Crippen LogP contribution is -2.06. The van der Waals surface area contributed by atoms with Gasteiger partial charge in [0.2, 0.25) is 0 Å². The predicted octanol–water partition coefficient (Wildman–Crippen LogP) is 7.45. The molecule has 4 aromatic carbocycles. The summed E-state index contributed by atoms with van der Waals surface area (Å²) < 4.78 is 33.1. The first-order chi connectivity index (χ1) is 18.5. The Morgan fingerprint density at radius 2 is 1.58 bits per heavy atom. The van der Waals surface area contributed by atoms with Crippen LogP contribution in [0.4, 0.5) is 4.39 Å². The van der Waals surface area contributed by atoms with Gasteiger partial charge in [0.05, 0.1) is 5.92 Å². The minimum atomic E-state index is -0.751. The van der Waals surface area contributed by atoms with Crippen molar-refractivity contribution in [1.82, 2.24) is 0 Å². The summed E-state index contributed by atoms with van der Waals surface area (Å²) in [4.78, 5) is 11.1. The number of hydrogen-bond donors (Lipinski definition) is 1. The molecule has 192 valence electrons. The molecule has 0 bridgehead atoms. The second kappa shape index (κ2) is 10.2. The summed E-state index contributed by atoms with van der Waals surface area (Å²) in [5, 5.41) is 9.16. The number of carboxylic acid groups (broad SMARTS) is 1. The van der Waals surface area contributed by atoms with Gasteiger partial charge >= 0.3 is 5.97 Å². The molecule has 3 atom stereocenters. The molecule has 0 radical (unpaired) electrons. The molecule has 38 heavy (non-hydrogen) atoms. The van der Waals surface area contributed by atoms with Crippen molar-refractivity contribution in [2.45, 2.75) is 37.9 Å². The Labute approximate surface area is 220 Å². The molecular weight excluding hydrogens is 483 g/mol. The van der Waals surface area contributed by atoms with E-state index in [-0.39, 0.29) is 17.7 Å². The van der Waals surface area contributed by atoms with Crippen LogP contribution in [-0.4, -0.2) is 11.1 Å². The van der Waals surface area contributed by atoms with Gasteiger partial charge in [-0.2, -0.15) is 0 Å². The van der Waals surface area contributed by atoms with Crippen LogP contribution in [-0.2, 0) is 17.8 Å². The summed E-state index contributed by atoms with van der Waals surface area (Å²) in [5.41, 5.74) is 3.44. The molecule has 0 unspecified atom stereocenters. The van der Waals surface area contributed by atoms with E-state index in [1.165, 1.54) is 6.07 Å². The van der Waals surface area contributed by atoms with Crippen LogP contribution in [0.3, 0.4) is 0 Å². The molecule has 0 aliphatic heterocycles. The molecule has 4 aromatic rings. The van der Waals surface area contributed by atoms with Gasteiger partial charge < -0.3 is 19.3 Å². The molecule has 2 aliphatic rings. The zero-order chi connectivity index (χ0) is 26.1. The van der Waals surface area contributed by atoms with Crippen LogP contribution >= 0.6 is 0 Å². The third kappa shape index (κ3) is 5.07. The third-order valence-corrected chi connectivity index (χ3v) is 7.23. The zero-order valence-electron chi connectivity index (χ0n) is 20.7. The molecule has 1 saturated carbocycles. The molecule has 2 aliphatic carbocycles. The van der Waals surface area contributed by atoms with Gasteiger partial charge in [-0.1, -0.05) is 42.5 Å². The highest BCUT2D eigenvalue weighted by Gasteiger charge is 2.44. The average Bonchev–Trinajstić information content (AvgIpc) is 3.64. The molecule has 6 rings (SSSR count). The summed E-state index contributed by atoms with van der Waals surface area (Å²) in [6, 6.07) is 28.0. The van der Waals surface area contributed by atoms with Crippen LogP contribution in [0.5, 0.6) is 23.0 Å². The molecule has 6 heteroatoms. The highest BCUT2D eigenvalue weighted by molar-refractivity contribution is 5.75. The van der Waals surface area contributed by atoms with E-state index in [9.17, 15) is 9.18 Å². The number of benzene rings is 4. The maximum Gasteiger partial charge on any atom is 0.307 e. The van der Waals surface area contributed by atoms with Gasteiger partial charge in [0.1, 0.15) is 41.5 Å². The van der Waals surface area contributed by atoms with Crippen molar-refractivity contribution in [2.24, 2.45) is 5.92 Å². The lowest BCUT2D eigenvalue weighted by Gasteiger charge is -2.17. The zero-order valence-corrected chi connectivity index (χ0v) is 20.7. The van der Waals surface area contributed by atoms with Crippen LogP contribution in [0.15, 0.2) is 91.0 Å². The van der Waals surface area contributed by atoms with Crippen LogP contribution < -0.4 is 14.2 Å². The summed E-state index contributed by atoms with van der Waals surface area (Å²) in [7, 11) is 0. The fourth-order valence-electron chi connectivity index (χ4n) is 5.12. The van der Waals surface area contributed by atoms with Gasteiger partial charge in [-0.15, -0.1) is 0 Å². The van der Waals surface area contributed by atoms with E-state index >= 15 is 0 Å². The lowest BCUT2D eigenvalue weighted by molar-refractivity contribution is -0.138. The van der Waals surface area contributed by atoms with Crippen LogP contribution in [0.2, 0.25) is 0 Å². The molecule has 0 aromatic heterocycles. The van der Waals surface area contributed by atoms with Crippen LogP contribution in [0.1, 0.15) is 47.1 Å². The summed E-state index contributed by atoms with van der Waals surface area (Å²) in [5.74, 6) is 1.35. The quantitative estimate of drug-likeness (QED) is 0.253. The minimum Gasteiger partial charge on any atom is -0.489 e.